The van der Waals surface area contributed by atoms with Crippen LogP contribution in [0.4, 0.5) is 11.4 Å². The summed E-state index contributed by atoms with van der Waals surface area (Å²) in [5, 5.41) is 11.7. The summed E-state index contributed by atoms with van der Waals surface area (Å²) in [6, 6.07) is 2.86. The number of anilines is 1. The molecule has 0 radical (unpaired) electrons. The molecule has 0 aliphatic carbocycles. The number of halogens is 2. The molecule has 0 unspecified atom stereocenters. The van der Waals surface area contributed by atoms with Crippen LogP contribution in [0.3, 0.4) is 0 Å². The smallest absolute Gasteiger partial charge is 0.271 e. The second kappa shape index (κ2) is 5.91. The lowest BCUT2D eigenvalue weighted by Gasteiger charge is -2.22. The summed E-state index contributed by atoms with van der Waals surface area (Å²) < 4.78 is 1.77. The van der Waals surface area contributed by atoms with Crippen molar-refractivity contribution in [2.45, 2.75) is 13.5 Å². The lowest BCUT2D eigenvalue weighted by atomic mass is 10.1. The van der Waals surface area contributed by atoms with Crippen LogP contribution in [0.2, 0.25) is 10.2 Å². The molecule has 0 N–H and O–H groups in total. The molecule has 6 nitrogen and oxygen atoms in total. The minimum absolute atomic E-state index is 0.0188. The van der Waals surface area contributed by atoms with Gasteiger partial charge < -0.3 is 9.47 Å². The monoisotopic (exact) mass is 328 g/mol. The standard InChI is InChI=1S/C13H14Cl2N4O2/c1-8-4-9(19(20)21)5-10(14)13(8)17(2)7-12-16-6-11(15)18(12)3/h4-6H,7H2,1-3H3. The van der Waals surface area contributed by atoms with Crippen LogP contribution in [-0.2, 0) is 13.6 Å². The van der Waals surface area contributed by atoms with Crippen LogP contribution in [0.5, 0.6) is 0 Å². The molecule has 0 atom stereocenters. The molecule has 0 amide bonds. The van der Waals surface area contributed by atoms with E-state index in [4.69, 9.17) is 23.2 Å². The van der Waals surface area contributed by atoms with Crippen LogP contribution in [0.1, 0.15) is 11.4 Å². The van der Waals surface area contributed by atoms with Crippen molar-refractivity contribution in [1.82, 2.24) is 9.55 Å². The molecule has 0 spiro atoms. The number of non-ortho nitro benzene ring substituents is 1. The van der Waals surface area contributed by atoms with E-state index in [2.05, 4.69) is 4.98 Å². The molecule has 2 aromatic rings. The minimum atomic E-state index is -0.457. The average Bonchev–Trinajstić information content (AvgIpc) is 2.69. The van der Waals surface area contributed by atoms with Gasteiger partial charge in [-0.25, -0.2) is 4.98 Å². The average molecular weight is 329 g/mol. The number of nitro groups is 1. The summed E-state index contributed by atoms with van der Waals surface area (Å²) in [4.78, 5) is 16.5. The van der Waals surface area contributed by atoms with Crippen molar-refractivity contribution in [1.29, 1.82) is 0 Å². The van der Waals surface area contributed by atoms with Gasteiger partial charge in [0.2, 0.25) is 0 Å². The Hall–Kier alpha value is -1.79. The van der Waals surface area contributed by atoms with Gasteiger partial charge >= 0.3 is 0 Å². The molecule has 0 fully saturated rings. The van der Waals surface area contributed by atoms with Crippen molar-refractivity contribution in [3.05, 3.63) is 50.0 Å². The lowest BCUT2D eigenvalue weighted by Crippen LogP contribution is -2.20. The van der Waals surface area contributed by atoms with Crippen molar-refractivity contribution in [3.63, 3.8) is 0 Å². The number of nitrogens with zero attached hydrogens (tertiary/aromatic N) is 4. The van der Waals surface area contributed by atoms with Gasteiger partial charge in [-0.3, -0.25) is 10.1 Å². The van der Waals surface area contributed by atoms with E-state index in [-0.39, 0.29) is 5.69 Å². The Balaban J connectivity index is 2.33. The number of hydrogen-bond donors (Lipinski definition) is 0. The number of benzene rings is 1. The summed E-state index contributed by atoms with van der Waals surface area (Å²) in [6.07, 6.45) is 1.58. The Morgan fingerprint density at radius 2 is 2.10 bits per heavy atom. The van der Waals surface area contributed by atoms with Crippen molar-refractivity contribution in [3.8, 4) is 0 Å². The van der Waals surface area contributed by atoms with E-state index in [1.54, 1.807) is 17.7 Å². The molecule has 0 saturated carbocycles. The fourth-order valence-electron chi connectivity index (χ4n) is 2.17. The van der Waals surface area contributed by atoms with Crippen molar-refractivity contribution < 1.29 is 4.92 Å². The fourth-order valence-corrected chi connectivity index (χ4v) is 2.72. The highest BCUT2D eigenvalue weighted by atomic mass is 35.5. The highest BCUT2D eigenvalue weighted by molar-refractivity contribution is 6.33. The van der Waals surface area contributed by atoms with E-state index < -0.39 is 4.92 Å². The zero-order valence-electron chi connectivity index (χ0n) is 11.8. The molecular weight excluding hydrogens is 315 g/mol. The number of rotatable bonds is 4. The number of nitro benzene ring substituents is 1. The van der Waals surface area contributed by atoms with Crippen molar-refractivity contribution in [2.24, 2.45) is 7.05 Å². The molecular formula is C13H14Cl2N4O2. The van der Waals surface area contributed by atoms with Crippen LogP contribution < -0.4 is 4.90 Å². The van der Waals surface area contributed by atoms with Crippen LogP contribution >= 0.6 is 23.2 Å². The van der Waals surface area contributed by atoms with Gasteiger partial charge in [0.1, 0.15) is 11.0 Å². The summed E-state index contributed by atoms with van der Waals surface area (Å²) >= 11 is 12.1. The Morgan fingerprint density at radius 1 is 1.43 bits per heavy atom. The molecule has 8 heteroatoms. The van der Waals surface area contributed by atoms with Gasteiger partial charge in [-0.15, -0.1) is 0 Å². The Kier molecular flexibility index (Phi) is 4.39. The number of hydrogen-bond acceptors (Lipinski definition) is 4. The van der Waals surface area contributed by atoms with Gasteiger partial charge in [-0.2, -0.15) is 0 Å². The molecule has 21 heavy (non-hydrogen) atoms. The maximum absolute atomic E-state index is 10.8. The SMILES string of the molecule is Cc1cc([N+](=O)[O-])cc(Cl)c1N(C)Cc1ncc(Cl)n1C. The summed E-state index contributed by atoms with van der Waals surface area (Å²) in [5.41, 5.74) is 1.45. The van der Waals surface area contributed by atoms with Crippen LogP contribution in [-0.4, -0.2) is 21.5 Å². The Labute approximate surface area is 132 Å². The van der Waals surface area contributed by atoms with Gasteiger partial charge in [0.15, 0.2) is 0 Å². The van der Waals surface area contributed by atoms with E-state index in [1.807, 2.05) is 19.0 Å². The molecule has 0 saturated heterocycles. The minimum Gasteiger partial charge on any atom is -0.366 e. The van der Waals surface area contributed by atoms with Crippen LogP contribution in [0, 0.1) is 17.0 Å². The molecule has 0 bridgehead atoms. The summed E-state index contributed by atoms with van der Waals surface area (Å²) in [5.74, 6) is 0.774. The van der Waals surface area contributed by atoms with Gasteiger partial charge in [0, 0.05) is 26.2 Å². The molecule has 1 aromatic carbocycles. The van der Waals surface area contributed by atoms with Crippen LogP contribution in [0.25, 0.3) is 0 Å². The normalized spacial score (nSPS) is 10.7. The topological polar surface area (TPSA) is 64.2 Å². The lowest BCUT2D eigenvalue weighted by molar-refractivity contribution is -0.384. The zero-order valence-corrected chi connectivity index (χ0v) is 13.3. The molecule has 1 heterocycles. The molecule has 2 rings (SSSR count). The van der Waals surface area contributed by atoms with Crippen molar-refractivity contribution >= 4 is 34.6 Å². The first-order valence-corrected chi connectivity index (χ1v) is 6.88. The predicted octanol–water partition coefficient (Wildman–Crippen LogP) is 3.58. The van der Waals surface area contributed by atoms with Gasteiger partial charge in [-0.05, 0) is 12.5 Å². The first-order chi connectivity index (χ1) is 9.81. The fraction of sp³-hybridized carbons (Fsp3) is 0.308. The Morgan fingerprint density at radius 3 is 2.57 bits per heavy atom. The van der Waals surface area contributed by atoms with E-state index in [0.717, 1.165) is 17.1 Å². The first kappa shape index (κ1) is 15.6. The highest BCUT2D eigenvalue weighted by Crippen LogP contribution is 2.33. The van der Waals surface area contributed by atoms with E-state index in [0.29, 0.717) is 16.7 Å². The van der Waals surface area contributed by atoms with Crippen molar-refractivity contribution in [2.75, 3.05) is 11.9 Å². The first-order valence-electron chi connectivity index (χ1n) is 6.13. The number of aromatic nitrogens is 2. The zero-order chi connectivity index (χ0) is 15.7. The number of imidazole rings is 1. The largest absolute Gasteiger partial charge is 0.366 e. The second-order valence-electron chi connectivity index (χ2n) is 4.76. The maximum Gasteiger partial charge on any atom is 0.271 e. The van der Waals surface area contributed by atoms with E-state index in [9.17, 15) is 10.1 Å². The molecule has 112 valence electrons. The number of aryl methyl sites for hydroxylation is 1. The van der Waals surface area contributed by atoms with E-state index >= 15 is 0 Å². The predicted molar refractivity (Wildman–Crippen MR) is 83.2 cm³/mol. The van der Waals surface area contributed by atoms with Crippen LogP contribution in [0.15, 0.2) is 18.3 Å². The Bertz CT molecular complexity index is 676. The maximum atomic E-state index is 10.8. The summed E-state index contributed by atoms with van der Waals surface area (Å²) in [6.45, 7) is 2.28. The third-order valence-corrected chi connectivity index (χ3v) is 3.88. The summed E-state index contributed by atoms with van der Waals surface area (Å²) in [7, 11) is 3.67. The van der Waals surface area contributed by atoms with Gasteiger partial charge in [0.05, 0.1) is 28.4 Å². The second-order valence-corrected chi connectivity index (χ2v) is 5.56. The third-order valence-electron chi connectivity index (χ3n) is 3.24. The third kappa shape index (κ3) is 3.11. The van der Waals surface area contributed by atoms with Gasteiger partial charge in [-0.1, -0.05) is 23.2 Å². The molecule has 0 aliphatic heterocycles. The quantitative estimate of drug-likeness (QED) is 0.635. The molecule has 0 aliphatic rings. The molecule has 1 aromatic heterocycles. The highest BCUT2D eigenvalue weighted by Gasteiger charge is 2.17. The van der Waals surface area contributed by atoms with Gasteiger partial charge in [0.25, 0.3) is 5.69 Å². The van der Waals surface area contributed by atoms with E-state index in [1.165, 1.54) is 12.1 Å².